The maximum atomic E-state index is 10.6. The van der Waals surface area contributed by atoms with Crippen molar-refractivity contribution >= 4 is 18.9 Å². The predicted molar refractivity (Wildman–Crippen MR) is 48.2 cm³/mol. The topological polar surface area (TPSA) is 83.6 Å². The molecule has 1 aromatic rings. The Labute approximate surface area is 74.2 Å². The Morgan fingerprint density at radius 1 is 1.67 bits per heavy atom. The standard InChI is InChI=1S/C6H10NO3PS/c7-6(3-11(8,9)10)5-1-2-12-4-5/h1-2,4,6H,3,7H2,(H2,8,9,10). The fourth-order valence-corrected chi connectivity index (χ4v) is 2.30. The zero-order chi connectivity index (χ0) is 9.19. The third-order valence-electron chi connectivity index (χ3n) is 1.41. The molecule has 1 aromatic heterocycles. The average Bonchev–Trinajstić information content (AvgIpc) is 2.32. The van der Waals surface area contributed by atoms with Crippen LogP contribution in [0.4, 0.5) is 0 Å². The van der Waals surface area contributed by atoms with Crippen molar-refractivity contribution in [2.75, 3.05) is 6.16 Å². The second kappa shape index (κ2) is 3.68. The van der Waals surface area contributed by atoms with Gasteiger partial charge in [-0.3, -0.25) is 4.57 Å². The van der Waals surface area contributed by atoms with Crippen molar-refractivity contribution in [3.05, 3.63) is 22.4 Å². The van der Waals surface area contributed by atoms with Crippen LogP contribution in [0.2, 0.25) is 0 Å². The van der Waals surface area contributed by atoms with Crippen molar-refractivity contribution in [1.82, 2.24) is 0 Å². The Morgan fingerprint density at radius 3 is 2.75 bits per heavy atom. The van der Waals surface area contributed by atoms with Gasteiger partial charge in [-0.15, -0.1) is 0 Å². The van der Waals surface area contributed by atoms with E-state index in [1.807, 2.05) is 5.38 Å². The van der Waals surface area contributed by atoms with Gasteiger partial charge in [0, 0.05) is 6.04 Å². The van der Waals surface area contributed by atoms with Crippen molar-refractivity contribution in [2.45, 2.75) is 6.04 Å². The van der Waals surface area contributed by atoms with Gasteiger partial charge in [-0.25, -0.2) is 0 Å². The highest BCUT2D eigenvalue weighted by atomic mass is 32.1. The van der Waals surface area contributed by atoms with Crippen LogP contribution < -0.4 is 5.73 Å². The van der Waals surface area contributed by atoms with E-state index in [1.165, 1.54) is 11.3 Å². The van der Waals surface area contributed by atoms with E-state index in [1.54, 1.807) is 11.4 Å². The lowest BCUT2D eigenvalue weighted by Gasteiger charge is -2.10. The predicted octanol–water partition coefficient (Wildman–Crippen LogP) is 0.926. The number of hydrogen-bond acceptors (Lipinski definition) is 3. The minimum absolute atomic E-state index is 0.288. The third kappa shape index (κ3) is 3.05. The van der Waals surface area contributed by atoms with E-state index in [9.17, 15) is 4.57 Å². The monoisotopic (exact) mass is 207 g/mol. The van der Waals surface area contributed by atoms with Gasteiger partial charge in [-0.05, 0) is 22.4 Å². The molecular formula is C6H10NO3PS. The minimum Gasteiger partial charge on any atom is -0.324 e. The lowest BCUT2D eigenvalue weighted by molar-refractivity contribution is 0.369. The molecule has 4 N–H and O–H groups in total. The van der Waals surface area contributed by atoms with Gasteiger partial charge in [0.1, 0.15) is 0 Å². The molecule has 0 aliphatic rings. The van der Waals surface area contributed by atoms with Gasteiger partial charge in [-0.2, -0.15) is 11.3 Å². The van der Waals surface area contributed by atoms with Gasteiger partial charge in [0.2, 0.25) is 0 Å². The molecule has 12 heavy (non-hydrogen) atoms. The van der Waals surface area contributed by atoms with Crippen LogP contribution in [0.25, 0.3) is 0 Å². The summed E-state index contributed by atoms with van der Waals surface area (Å²) < 4.78 is 10.6. The molecular weight excluding hydrogens is 197 g/mol. The van der Waals surface area contributed by atoms with Gasteiger partial charge in [0.25, 0.3) is 0 Å². The molecule has 68 valence electrons. The highest BCUT2D eigenvalue weighted by molar-refractivity contribution is 7.51. The molecule has 0 bridgehead atoms. The Balaban J connectivity index is 2.62. The maximum absolute atomic E-state index is 10.6. The normalized spacial score (nSPS) is 14.6. The van der Waals surface area contributed by atoms with Gasteiger partial charge in [0.15, 0.2) is 0 Å². The molecule has 4 nitrogen and oxygen atoms in total. The summed E-state index contributed by atoms with van der Waals surface area (Å²) in [5.74, 6) is 0. The van der Waals surface area contributed by atoms with Crippen LogP contribution in [-0.2, 0) is 4.57 Å². The van der Waals surface area contributed by atoms with Gasteiger partial charge in [0.05, 0.1) is 6.16 Å². The minimum atomic E-state index is -3.98. The summed E-state index contributed by atoms with van der Waals surface area (Å²) in [6.45, 7) is 0. The molecule has 0 radical (unpaired) electrons. The zero-order valence-electron chi connectivity index (χ0n) is 6.25. The molecule has 1 unspecified atom stereocenters. The van der Waals surface area contributed by atoms with E-state index in [0.717, 1.165) is 5.56 Å². The molecule has 0 fully saturated rings. The SMILES string of the molecule is NC(CP(=O)(O)O)c1ccsc1. The molecule has 0 aliphatic carbocycles. The Kier molecular flexibility index (Phi) is 3.04. The summed E-state index contributed by atoms with van der Waals surface area (Å²) in [6.07, 6.45) is -0.288. The lowest BCUT2D eigenvalue weighted by atomic mass is 10.2. The van der Waals surface area contributed by atoms with E-state index < -0.39 is 13.6 Å². The summed E-state index contributed by atoms with van der Waals surface area (Å²) in [5, 5.41) is 3.62. The van der Waals surface area contributed by atoms with Crippen LogP contribution in [0.3, 0.4) is 0 Å². The second-order valence-corrected chi connectivity index (χ2v) is 4.98. The molecule has 0 saturated carbocycles. The summed E-state index contributed by atoms with van der Waals surface area (Å²) in [7, 11) is -3.98. The molecule has 0 amide bonds. The molecule has 0 saturated heterocycles. The maximum Gasteiger partial charge on any atom is 0.327 e. The molecule has 0 spiro atoms. The van der Waals surface area contributed by atoms with E-state index in [-0.39, 0.29) is 6.16 Å². The van der Waals surface area contributed by atoms with Crippen LogP contribution in [0, 0.1) is 0 Å². The molecule has 0 aromatic carbocycles. The summed E-state index contributed by atoms with van der Waals surface area (Å²) >= 11 is 1.46. The summed E-state index contributed by atoms with van der Waals surface area (Å²) in [6, 6.07) is 1.21. The fourth-order valence-electron chi connectivity index (χ4n) is 0.848. The fraction of sp³-hybridized carbons (Fsp3) is 0.333. The summed E-state index contributed by atoms with van der Waals surface area (Å²) in [4.78, 5) is 17.2. The van der Waals surface area contributed by atoms with Crippen molar-refractivity contribution < 1.29 is 14.4 Å². The molecule has 6 heteroatoms. The Morgan fingerprint density at radius 2 is 2.33 bits per heavy atom. The first-order valence-electron chi connectivity index (χ1n) is 3.31. The van der Waals surface area contributed by atoms with Crippen molar-refractivity contribution in [3.63, 3.8) is 0 Å². The molecule has 0 aliphatic heterocycles. The van der Waals surface area contributed by atoms with Crippen LogP contribution in [0.1, 0.15) is 11.6 Å². The largest absolute Gasteiger partial charge is 0.327 e. The highest BCUT2D eigenvalue weighted by Crippen LogP contribution is 2.38. The smallest absolute Gasteiger partial charge is 0.324 e. The van der Waals surface area contributed by atoms with Crippen LogP contribution >= 0.6 is 18.9 Å². The molecule has 1 heterocycles. The quantitative estimate of drug-likeness (QED) is 0.643. The Hall–Kier alpha value is -0.190. The van der Waals surface area contributed by atoms with Gasteiger partial charge in [-0.1, -0.05) is 0 Å². The van der Waals surface area contributed by atoms with Gasteiger partial charge < -0.3 is 15.5 Å². The number of thiophene rings is 1. The summed E-state index contributed by atoms with van der Waals surface area (Å²) in [5.41, 5.74) is 6.32. The number of rotatable bonds is 3. The number of nitrogens with two attached hydrogens (primary N) is 1. The van der Waals surface area contributed by atoms with E-state index in [4.69, 9.17) is 15.5 Å². The van der Waals surface area contributed by atoms with Gasteiger partial charge >= 0.3 is 7.60 Å². The van der Waals surface area contributed by atoms with Crippen molar-refractivity contribution in [3.8, 4) is 0 Å². The third-order valence-corrected chi connectivity index (χ3v) is 2.98. The van der Waals surface area contributed by atoms with E-state index in [2.05, 4.69) is 0 Å². The average molecular weight is 207 g/mol. The first kappa shape index (κ1) is 9.89. The number of hydrogen-bond donors (Lipinski definition) is 3. The molecule has 1 atom stereocenters. The first-order chi connectivity index (χ1) is 5.49. The zero-order valence-corrected chi connectivity index (χ0v) is 7.96. The van der Waals surface area contributed by atoms with Crippen LogP contribution in [0.15, 0.2) is 16.8 Å². The Bertz CT molecular complexity index is 281. The van der Waals surface area contributed by atoms with E-state index >= 15 is 0 Å². The van der Waals surface area contributed by atoms with Crippen LogP contribution in [0.5, 0.6) is 0 Å². The van der Waals surface area contributed by atoms with E-state index in [0.29, 0.717) is 0 Å². The van der Waals surface area contributed by atoms with Crippen molar-refractivity contribution in [1.29, 1.82) is 0 Å². The lowest BCUT2D eigenvalue weighted by Crippen LogP contribution is -2.14. The first-order valence-corrected chi connectivity index (χ1v) is 6.05. The highest BCUT2D eigenvalue weighted by Gasteiger charge is 2.19. The van der Waals surface area contributed by atoms with Crippen LogP contribution in [-0.4, -0.2) is 15.9 Å². The second-order valence-electron chi connectivity index (χ2n) is 2.51. The van der Waals surface area contributed by atoms with Crippen molar-refractivity contribution in [2.24, 2.45) is 5.73 Å². The molecule has 1 rings (SSSR count).